The highest BCUT2D eigenvalue weighted by Crippen LogP contribution is 2.09. The van der Waals surface area contributed by atoms with Gasteiger partial charge in [0.1, 0.15) is 17.6 Å². The van der Waals surface area contributed by atoms with Crippen molar-refractivity contribution in [3.8, 4) is 6.07 Å². The van der Waals surface area contributed by atoms with Crippen molar-refractivity contribution in [3.05, 3.63) is 35.9 Å². The number of hydrogen-bond acceptors (Lipinski definition) is 10. The SMILES string of the molecule is CNC.CNCCC1CCCN1.N#Cc1cnc(Nc2ccc(C=O)nn2)cn1. The van der Waals surface area contributed by atoms with Gasteiger partial charge in [-0.25, -0.2) is 9.97 Å². The summed E-state index contributed by atoms with van der Waals surface area (Å²) in [5, 5.41) is 28.1. The molecule has 0 amide bonds. The number of nitriles is 1. The van der Waals surface area contributed by atoms with Gasteiger partial charge in [-0.15, -0.1) is 10.2 Å². The van der Waals surface area contributed by atoms with E-state index in [-0.39, 0.29) is 11.4 Å². The van der Waals surface area contributed by atoms with Crippen molar-refractivity contribution in [1.29, 1.82) is 5.26 Å². The second kappa shape index (κ2) is 15.0. The van der Waals surface area contributed by atoms with Crippen LogP contribution in [0.25, 0.3) is 0 Å². The van der Waals surface area contributed by atoms with Crippen LogP contribution in [0.15, 0.2) is 24.5 Å². The van der Waals surface area contributed by atoms with E-state index in [0.29, 0.717) is 17.9 Å². The molecule has 0 bridgehead atoms. The van der Waals surface area contributed by atoms with Gasteiger partial charge in [0, 0.05) is 6.04 Å². The summed E-state index contributed by atoms with van der Waals surface area (Å²) < 4.78 is 0. The molecule has 1 aliphatic rings. The molecule has 10 heteroatoms. The highest BCUT2D eigenvalue weighted by molar-refractivity contribution is 5.71. The Kier molecular flexibility index (Phi) is 12.4. The van der Waals surface area contributed by atoms with E-state index >= 15 is 0 Å². The van der Waals surface area contributed by atoms with Gasteiger partial charge < -0.3 is 21.3 Å². The lowest BCUT2D eigenvalue weighted by Gasteiger charge is -2.07. The molecule has 0 aromatic carbocycles. The van der Waals surface area contributed by atoms with Crippen LogP contribution in [0.1, 0.15) is 35.4 Å². The zero-order chi connectivity index (χ0) is 21.3. The Labute approximate surface area is 171 Å². The van der Waals surface area contributed by atoms with Crippen LogP contribution >= 0.6 is 0 Å². The third kappa shape index (κ3) is 10.2. The Morgan fingerprint density at radius 1 is 1.21 bits per heavy atom. The van der Waals surface area contributed by atoms with Crippen LogP contribution in [-0.4, -0.2) is 66.7 Å². The molecular weight excluding hydrogens is 370 g/mol. The Morgan fingerprint density at radius 2 is 2.00 bits per heavy atom. The van der Waals surface area contributed by atoms with Crippen LogP contribution in [0.2, 0.25) is 0 Å². The third-order valence-corrected chi connectivity index (χ3v) is 3.73. The monoisotopic (exact) mass is 399 g/mol. The molecule has 0 spiro atoms. The average molecular weight is 400 g/mol. The lowest BCUT2D eigenvalue weighted by molar-refractivity contribution is 0.111. The van der Waals surface area contributed by atoms with Crippen LogP contribution in [-0.2, 0) is 0 Å². The maximum Gasteiger partial charge on any atom is 0.170 e. The van der Waals surface area contributed by atoms with Gasteiger partial charge in [-0.1, -0.05) is 0 Å². The zero-order valence-corrected chi connectivity index (χ0v) is 17.1. The van der Waals surface area contributed by atoms with Crippen molar-refractivity contribution in [2.24, 2.45) is 0 Å². The van der Waals surface area contributed by atoms with Gasteiger partial charge in [0.05, 0.1) is 12.4 Å². The van der Waals surface area contributed by atoms with Crippen molar-refractivity contribution < 1.29 is 4.79 Å². The van der Waals surface area contributed by atoms with E-state index in [0.717, 1.165) is 12.6 Å². The van der Waals surface area contributed by atoms with Crippen molar-refractivity contribution in [2.45, 2.75) is 25.3 Å². The van der Waals surface area contributed by atoms with Gasteiger partial charge >= 0.3 is 0 Å². The van der Waals surface area contributed by atoms with Gasteiger partial charge in [-0.05, 0) is 65.6 Å². The molecule has 3 heterocycles. The summed E-state index contributed by atoms with van der Waals surface area (Å²) in [6.07, 6.45) is 7.40. The minimum atomic E-state index is 0.234. The number of carbonyl (C=O) groups is 1. The summed E-state index contributed by atoms with van der Waals surface area (Å²) in [5.41, 5.74) is 0.486. The largest absolute Gasteiger partial charge is 0.323 e. The molecule has 1 saturated heterocycles. The molecule has 29 heavy (non-hydrogen) atoms. The summed E-state index contributed by atoms with van der Waals surface area (Å²) in [6.45, 7) is 2.38. The molecule has 0 radical (unpaired) electrons. The molecule has 2 aromatic rings. The topological polar surface area (TPSA) is 141 Å². The van der Waals surface area contributed by atoms with Crippen LogP contribution in [0.4, 0.5) is 11.6 Å². The van der Waals surface area contributed by atoms with E-state index in [2.05, 4.69) is 41.4 Å². The molecule has 0 aliphatic carbocycles. The van der Waals surface area contributed by atoms with Gasteiger partial charge in [-0.3, -0.25) is 4.79 Å². The van der Waals surface area contributed by atoms with Crippen molar-refractivity contribution in [3.63, 3.8) is 0 Å². The van der Waals surface area contributed by atoms with E-state index in [4.69, 9.17) is 5.26 Å². The minimum absolute atomic E-state index is 0.234. The van der Waals surface area contributed by atoms with Gasteiger partial charge in [0.25, 0.3) is 0 Å². The zero-order valence-electron chi connectivity index (χ0n) is 17.1. The Bertz CT molecular complexity index is 723. The second-order valence-corrected chi connectivity index (χ2v) is 6.17. The van der Waals surface area contributed by atoms with E-state index in [9.17, 15) is 4.79 Å². The Morgan fingerprint density at radius 3 is 2.48 bits per heavy atom. The Balaban J connectivity index is 0.000000294. The smallest absolute Gasteiger partial charge is 0.170 e. The van der Waals surface area contributed by atoms with Crippen molar-refractivity contribution >= 4 is 17.9 Å². The lowest BCUT2D eigenvalue weighted by Crippen LogP contribution is -2.25. The first-order valence-electron chi connectivity index (χ1n) is 9.41. The molecule has 4 N–H and O–H groups in total. The first-order chi connectivity index (χ1) is 14.2. The van der Waals surface area contributed by atoms with Crippen LogP contribution in [0, 0.1) is 11.3 Å². The number of rotatable bonds is 6. The van der Waals surface area contributed by atoms with E-state index < -0.39 is 0 Å². The summed E-state index contributed by atoms with van der Waals surface area (Å²) in [4.78, 5) is 18.2. The summed E-state index contributed by atoms with van der Waals surface area (Å²) >= 11 is 0. The standard InChI is InChI=1S/C10H6N6O.C7H16N2.C2H7N/c11-3-8-4-13-10(5-12-8)14-9-2-1-7(6-17)15-16-9;1-8-6-4-7-3-2-5-9-7;1-3-2/h1-2,4-6H,(H,13,14,16);7-9H,2-6H2,1H3;3H,1-2H3. The Hall–Kier alpha value is -3.00. The molecule has 0 saturated carbocycles. The van der Waals surface area contributed by atoms with Gasteiger partial charge in [-0.2, -0.15) is 5.26 Å². The third-order valence-electron chi connectivity index (χ3n) is 3.73. The van der Waals surface area contributed by atoms with E-state index in [1.807, 2.05) is 27.2 Å². The van der Waals surface area contributed by atoms with E-state index in [1.54, 1.807) is 6.07 Å². The van der Waals surface area contributed by atoms with Crippen LogP contribution in [0.3, 0.4) is 0 Å². The molecule has 10 nitrogen and oxygen atoms in total. The highest BCUT2D eigenvalue weighted by atomic mass is 16.1. The number of anilines is 2. The van der Waals surface area contributed by atoms with Crippen LogP contribution < -0.4 is 21.3 Å². The predicted molar refractivity (Wildman–Crippen MR) is 112 cm³/mol. The fraction of sp³-hybridized carbons (Fsp3) is 0.474. The van der Waals surface area contributed by atoms with Crippen molar-refractivity contribution in [1.82, 2.24) is 36.1 Å². The van der Waals surface area contributed by atoms with Crippen molar-refractivity contribution in [2.75, 3.05) is 39.5 Å². The first kappa shape index (κ1) is 24.0. The lowest BCUT2D eigenvalue weighted by atomic mass is 10.2. The molecule has 3 rings (SSSR count). The van der Waals surface area contributed by atoms with Crippen LogP contribution in [0.5, 0.6) is 0 Å². The first-order valence-corrected chi connectivity index (χ1v) is 9.41. The quantitative estimate of drug-likeness (QED) is 0.517. The van der Waals surface area contributed by atoms with E-state index in [1.165, 1.54) is 44.3 Å². The normalized spacial score (nSPS) is 14.5. The molecule has 1 aliphatic heterocycles. The fourth-order valence-corrected chi connectivity index (χ4v) is 2.38. The molecule has 156 valence electrons. The summed E-state index contributed by atoms with van der Waals surface area (Å²) in [5.74, 6) is 0.881. The fourth-order valence-electron chi connectivity index (χ4n) is 2.38. The number of aldehydes is 1. The molecule has 2 aromatic heterocycles. The molecule has 1 unspecified atom stereocenters. The average Bonchev–Trinajstić information content (AvgIpc) is 3.28. The molecular formula is C19H29N9O. The van der Waals surface area contributed by atoms with Gasteiger partial charge in [0.2, 0.25) is 0 Å². The molecule has 1 fully saturated rings. The molecule has 1 atom stereocenters. The summed E-state index contributed by atoms with van der Waals surface area (Å²) in [6, 6.07) is 5.79. The number of aromatic nitrogens is 4. The maximum absolute atomic E-state index is 10.4. The summed E-state index contributed by atoms with van der Waals surface area (Å²) in [7, 11) is 5.76. The number of nitrogens with zero attached hydrogens (tertiary/aromatic N) is 5. The number of carbonyl (C=O) groups excluding carboxylic acids is 1. The minimum Gasteiger partial charge on any atom is -0.323 e. The number of nitrogens with one attached hydrogen (secondary N) is 4. The second-order valence-electron chi connectivity index (χ2n) is 6.17. The maximum atomic E-state index is 10.4. The number of hydrogen-bond donors (Lipinski definition) is 4. The predicted octanol–water partition coefficient (Wildman–Crippen LogP) is 0.878. The highest BCUT2D eigenvalue weighted by Gasteiger charge is 2.11. The van der Waals surface area contributed by atoms with Gasteiger partial charge in [0.15, 0.2) is 17.8 Å².